The second-order valence-electron chi connectivity index (χ2n) is 4.50. The number of aliphatic hydroxyl groups is 1. The zero-order valence-electron chi connectivity index (χ0n) is 11.0. The zero-order valence-corrected chi connectivity index (χ0v) is 11.0. The number of aliphatic hydroxyl groups excluding tert-OH is 1. The molecule has 5 nitrogen and oxygen atoms in total. The topological polar surface area (TPSA) is 62.5 Å². The summed E-state index contributed by atoms with van der Waals surface area (Å²) in [6.07, 6.45) is 2.53. The molecule has 0 saturated carbocycles. The number of hydrogen-bond acceptors (Lipinski definition) is 4. The van der Waals surface area contributed by atoms with Crippen molar-refractivity contribution in [3.8, 4) is 11.3 Å². The van der Waals surface area contributed by atoms with E-state index in [2.05, 4.69) is 15.4 Å². The number of nitrogens with one attached hydrogen (secondary N) is 1. The van der Waals surface area contributed by atoms with Gasteiger partial charge in [0.1, 0.15) is 5.82 Å². The van der Waals surface area contributed by atoms with Crippen molar-refractivity contribution >= 4 is 11.5 Å². The summed E-state index contributed by atoms with van der Waals surface area (Å²) in [7, 11) is 0. The summed E-state index contributed by atoms with van der Waals surface area (Å²) in [5, 5.41) is 16.5. The second kappa shape index (κ2) is 5.71. The Labute approximate surface area is 116 Å². The molecule has 102 valence electrons. The summed E-state index contributed by atoms with van der Waals surface area (Å²) >= 11 is 0. The molecule has 3 aromatic rings. The quantitative estimate of drug-likeness (QED) is 0.696. The van der Waals surface area contributed by atoms with Crippen LogP contribution in [0.1, 0.15) is 6.42 Å². The van der Waals surface area contributed by atoms with Crippen LogP contribution in [0.2, 0.25) is 0 Å². The van der Waals surface area contributed by atoms with Crippen LogP contribution in [0.25, 0.3) is 16.9 Å². The number of aromatic nitrogens is 3. The van der Waals surface area contributed by atoms with Crippen molar-refractivity contribution in [3.63, 3.8) is 0 Å². The molecular weight excluding hydrogens is 252 g/mol. The van der Waals surface area contributed by atoms with E-state index in [1.165, 1.54) is 0 Å². The number of fused-ring (bicyclic) bond motifs is 1. The third-order valence-corrected chi connectivity index (χ3v) is 3.07. The van der Waals surface area contributed by atoms with E-state index in [4.69, 9.17) is 5.11 Å². The Hall–Kier alpha value is -2.40. The largest absolute Gasteiger partial charge is 0.396 e. The summed E-state index contributed by atoms with van der Waals surface area (Å²) < 4.78 is 1.83. The van der Waals surface area contributed by atoms with Crippen LogP contribution in [0.5, 0.6) is 0 Å². The molecule has 20 heavy (non-hydrogen) atoms. The molecule has 2 N–H and O–H groups in total. The van der Waals surface area contributed by atoms with Gasteiger partial charge in [0.15, 0.2) is 5.65 Å². The first-order valence-corrected chi connectivity index (χ1v) is 6.63. The third-order valence-electron chi connectivity index (χ3n) is 3.07. The first-order chi connectivity index (χ1) is 9.88. The van der Waals surface area contributed by atoms with Gasteiger partial charge in [-0.3, -0.25) is 0 Å². The van der Waals surface area contributed by atoms with E-state index < -0.39 is 0 Å². The number of benzene rings is 1. The maximum absolute atomic E-state index is 8.80. The van der Waals surface area contributed by atoms with Crippen LogP contribution in [0.4, 0.5) is 5.82 Å². The van der Waals surface area contributed by atoms with Crippen LogP contribution in [0.15, 0.2) is 48.7 Å². The molecule has 0 aliphatic heterocycles. The molecule has 2 heterocycles. The van der Waals surface area contributed by atoms with Crippen LogP contribution in [-0.2, 0) is 0 Å². The summed E-state index contributed by atoms with van der Waals surface area (Å²) in [5.41, 5.74) is 2.86. The van der Waals surface area contributed by atoms with Crippen molar-refractivity contribution in [2.45, 2.75) is 6.42 Å². The first-order valence-electron chi connectivity index (χ1n) is 6.63. The van der Waals surface area contributed by atoms with Crippen molar-refractivity contribution in [1.29, 1.82) is 0 Å². The van der Waals surface area contributed by atoms with Gasteiger partial charge in [-0.25, -0.2) is 9.50 Å². The molecule has 2 aromatic heterocycles. The molecule has 0 bridgehead atoms. The molecule has 0 fully saturated rings. The number of anilines is 1. The van der Waals surface area contributed by atoms with Gasteiger partial charge in [0.2, 0.25) is 0 Å². The van der Waals surface area contributed by atoms with Crippen molar-refractivity contribution < 1.29 is 5.11 Å². The predicted molar refractivity (Wildman–Crippen MR) is 78.6 cm³/mol. The fraction of sp³-hybridized carbons (Fsp3) is 0.200. The predicted octanol–water partition coefficient (Wildman–Crippen LogP) is 2.19. The van der Waals surface area contributed by atoms with Gasteiger partial charge in [0.05, 0.1) is 11.9 Å². The van der Waals surface area contributed by atoms with Gasteiger partial charge in [-0.1, -0.05) is 30.3 Å². The van der Waals surface area contributed by atoms with Crippen molar-refractivity contribution in [3.05, 3.63) is 48.7 Å². The molecule has 0 spiro atoms. The number of imidazole rings is 1. The Morgan fingerprint density at radius 3 is 2.75 bits per heavy atom. The fourth-order valence-corrected chi connectivity index (χ4v) is 2.07. The van der Waals surface area contributed by atoms with Gasteiger partial charge in [0, 0.05) is 18.7 Å². The maximum atomic E-state index is 8.80. The summed E-state index contributed by atoms with van der Waals surface area (Å²) in [4.78, 5) is 4.37. The Morgan fingerprint density at radius 2 is 1.95 bits per heavy atom. The SMILES string of the molecule is OCCCNc1ccc2ncc(-c3ccccc3)n2n1. The lowest BCUT2D eigenvalue weighted by atomic mass is 10.2. The van der Waals surface area contributed by atoms with E-state index >= 15 is 0 Å². The monoisotopic (exact) mass is 268 g/mol. The summed E-state index contributed by atoms with van der Waals surface area (Å²) in [5.74, 6) is 0.779. The van der Waals surface area contributed by atoms with Crippen LogP contribution in [0.3, 0.4) is 0 Å². The number of rotatable bonds is 5. The molecule has 0 saturated heterocycles. The number of hydrogen-bond donors (Lipinski definition) is 2. The van der Waals surface area contributed by atoms with Gasteiger partial charge in [-0.05, 0) is 18.6 Å². The van der Waals surface area contributed by atoms with Crippen LogP contribution in [-0.4, -0.2) is 32.9 Å². The van der Waals surface area contributed by atoms with Gasteiger partial charge in [-0.15, -0.1) is 5.10 Å². The van der Waals surface area contributed by atoms with Crippen LogP contribution >= 0.6 is 0 Å². The molecule has 5 heteroatoms. The third kappa shape index (κ3) is 2.48. The highest BCUT2D eigenvalue weighted by Gasteiger charge is 2.07. The minimum Gasteiger partial charge on any atom is -0.396 e. The van der Waals surface area contributed by atoms with Gasteiger partial charge >= 0.3 is 0 Å². The van der Waals surface area contributed by atoms with E-state index in [0.29, 0.717) is 13.0 Å². The van der Waals surface area contributed by atoms with Crippen molar-refractivity contribution in [1.82, 2.24) is 14.6 Å². The fourth-order valence-electron chi connectivity index (χ4n) is 2.07. The second-order valence-corrected chi connectivity index (χ2v) is 4.50. The summed E-state index contributed by atoms with van der Waals surface area (Å²) in [6.45, 7) is 0.875. The van der Waals surface area contributed by atoms with E-state index in [0.717, 1.165) is 22.7 Å². The molecule has 0 unspecified atom stereocenters. The Kier molecular flexibility index (Phi) is 3.60. The van der Waals surface area contributed by atoms with E-state index in [-0.39, 0.29) is 6.61 Å². The Balaban J connectivity index is 1.96. The van der Waals surface area contributed by atoms with Crippen LogP contribution < -0.4 is 5.32 Å². The lowest BCUT2D eigenvalue weighted by molar-refractivity contribution is 0.292. The van der Waals surface area contributed by atoms with E-state index in [9.17, 15) is 0 Å². The highest BCUT2D eigenvalue weighted by atomic mass is 16.3. The molecular formula is C15H16N4O. The van der Waals surface area contributed by atoms with Gasteiger partial charge in [-0.2, -0.15) is 0 Å². The van der Waals surface area contributed by atoms with Crippen LogP contribution in [0, 0.1) is 0 Å². The molecule has 0 amide bonds. The molecule has 0 radical (unpaired) electrons. The molecule has 0 aliphatic carbocycles. The highest BCUT2D eigenvalue weighted by Crippen LogP contribution is 2.20. The first kappa shape index (κ1) is 12.6. The molecule has 1 aromatic carbocycles. The van der Waals surface area contributed by atoms with E-state index in [1.54, 1.807) is 0 Å². The van der Waals surface area contributed by atoms with Gasteiger partial charge in [0.25, 0.3) is 0 Å². The molecule has 0 aliphatic rings. The average molecular weight is 268 g/mol. The normalized spacial score (nSPS) is 10.8. The lowest BCUT2D eigenvalue weighted by Crippen LogP contribution is -2.07. The lowest BCUT2D eigenvalue weighted by Gasteiger charge is -2.06. The Bertz CT molecular complexity index is 693. The smallest absolute Gasteiger partial charge is 0.154 e. The van der Waals surface area contributed by atoms with Crippen molar-refractivity contribution in [2.24, 2.45) is 0 Å². The number of nitrogens with zero attached hydrogens (tertiary/aromatic N) is 3. The molecule has 3 rings (SSSR count). The van der Waals surface area contributed by atoms with Gasteiger partial charge < -0.3 is 10.4 Å². The average Bonchev–Trinajstić information content (AvgIpc) is 2.91. The minimum absolute atomic E-state index is 0.176. The molecule has 0 atom stereocenters. The van der Waals surface area contributed by atoms with Crippen molar-refractivity contribution in [2.75, 3.05) is 18.5 Å². The maximum Gasteiger partial charge on any atom is 0.154 e. The standard InChI is InChI=1S/C15H16N4O/c20-10-4-9-16-14-7-8-15-17-11-13(19(15)18-14)12-5-2-1-3-6-12/h1-3,5-8,11,20H,4,9-10H2,(H,16,18). The zero-order chi connectivity index (χ0) is 13.8. The Morgan fingerprint density at radius 1 is 1.10 bits per heavy atom. The highest BCUT2D eigenvalue weighted by molar-refractivity contribution is 5.63. The summed E-state index contributed by atoms with van der Waals surface area (Å²) in [6, 6.07) is 13.9. The minimum atomic E-state index is 0.176. The van der Waals surface area contributed by atoms with E-state index in [1.807, 2.05) is 53.2 Å².